The maximum Gasteiger partial charge on any atom is 0.258 e. The van der Waals surface area contributed by atoms with Gasteiger partial charge in [-0.05, 0) is 48.6 Å². The van der Waals surface area contributed by atoms with Gasteiger partial charge in [0.15, 0.2) is 0 Å². The lowest BCUT2D eigenvalue weighted by molar-refractivity contribution is -0.140. The van der Waals surface area contributed by atoms with Crippen LogP contribution < -0.4 is 10.2 Å². The zero-order chi connectivity index (χ0) is 23.5. The molecule has 1 N–H and O–H groups in total. The van der Waals surface area contributed by atoms with Gasteiger partial charge in [0, 0.05) is 42.0 Å². The van der Waals surface area contributed by atoms with Crippen molar-refractivity contribution in [2.45, 2.75) is 32.4 Å². The molecule has 33 heavy (non-hydrogen) atoms. The number of carbonyl (C=O) groups is 3. The smallest absolute Gasteiger partial charge is 0.258 e. The van der Waals surface area contributed by atoms with E-state index in [1.807, 2.05) is 60.7 Å². The Bertz CT molecular complexity index is 1220. The molecule has 1 atom stereocenters. The molecule has 1 aliphatic rings. The van der Waals surface area contributed by atoms with Crippen LogP contribution in [0.1, 0.15) is 35.7 Å². The molecule has 0 saturated carbocycles. The fourth-order valence-electron chi connectivity index (χ4n) is 4.36. The summed E-state index contributed by atoms with van der Waals surface area (Å²) in [5.41, 5.74) is 2.54. The van der Waals surface area contributed by atoms with E-state index in [1.165, 1.54) is 0 Å². The van der Waals surface area contributed by atoms with Crippen LogP contribution in [0.2, 0.25) is 0 Å². The average Bonchev–Trinajstić information content (AvgIpc) is 3.09. The van der Waals surface area contributed by atoms with Crippen molar-refractivity contribution in [1.29, 1.82) is 0 Å². The van der Waals surface area contributed by atoms with E-state index in [2.05, 4.69) is 21.2 Å². The molecule has 0 unspecified atom stereocenters. The molecule has 0 aliphatic carbocycles. The van der Waals surface area contributed by atoms with Crippen molar-refractivity contribution in [3.05, 3.63) is 76.3 Å². The summed E-state index contributed by atoms with van der Waals surface area (Å²) in [5, 5.41) is 4.64. The molecule has 1 heterocycles. The van der Waals surface area contributed by atoms with Gasteiger partial charge in [0.05, 0.1) is 5.69 Å². The van der Waals surface area contributed by atoms with Gasteiger partial charge < -0.3 is 15.1 Å². The molecule has 0 saturated heterocycles. The van der Waals surface area contributed by atoms with Crippen LogP contribution in [0.5, 0.6) is 0 Å². The van der Waals surface area contributed by atoms with Crippen LogP contribution in [-0.2, 0) is 16.1 Å². The number of amides is 3. The van der Waals surface area contributed by atoms with Crippen LogP contribution >= 0.6 is 15.9 Å². The maximum absolute atomic E-state index is 13.2. The molecule has 6 nitrogen and oxygen atoms in total. The summed E-state index contributed by atoms with van der Waals surface area (Å²) < 4.78 is 0.918. The monoisotopic (exact) mass is 507 g/mol. The molecule has 0 radical (unpaired) electrons. The third-order valence-corrected chi connectivity index (χ3v) is 6.57. The summed E-state index contributed by atoms with van der Waals surface area (Å²) >= 11 is 3.46. The van der Waals surface area contributed by atoms with Crippen molar-refractivity contribution in [2.24, 2.45) is 0 Å². The van der Waals surface area contributed by atoms with Crippen molar-refractivity contribution in [2.75, 3.05) is 18.5 Å². The van der Waals surface area contributed by atoms with E-state index in [4.69, 9.17) is 0 Å². The Balaban J connectivity index is 1.46. The lowest BCUT2D eigenvalue weighted by Crippen LogP contribution is -2.46. The zero-order valence-corrected chi connectivity index (χ0v) is 20.3. The molecule has 3 aromatic rings. The van der Waals surface area contributed by atoms with Crippen LogP contribution in [0.3, 0.4) is 0 Å². The van der Waals surface area contributed by atoms with E-state index in [0.717, 1.165) is 26.5 Å². The van der Waals surface area contributed by atoms with Crippen molar-refractivity contribution < 1.29 is 14.4 Å². The molecule has 0 fully saturated rings. The zero-order valence-electron chi connectivity index (χ0n) is 18.7. The summed E-state index contributed by atoms with van der Waals surface area (Å²) in [6, 6.07) is 18.7. The predicted molar refractivity (Wildman–Crippen MR) is 133 cm³/mol. The van der Waals surface area contributed by atoms with E-state index >= 15 is 0 Å². The van der Waals surface area contributed by atoms with Gasteiger partial charge in [-0.2, -0.15) is 0 Å². The highest BCUT2D eigenvalue weighted by molar-refractivity contribution is 9.10. The van der Waals surface area contributed by atoms with Gasteiger partial charge >= 0.3 is 0 Å². The van der Waals surface area contributed by atoms with Crippen LogP contribution in [0.4, 0.5) is 5.69 Å². The van der Waals surface area contributed by atoms with E-state index in [-0.39, 0.29) is 24.1 Å². The molecule has 4 rings (SSSR count). The second-order valence-electron chi connectivity index (χ2n) is 8.18. The quantitative estimate of drug-likeness (QED) is 0.487. The minimum atomic E-state index is -0.604. The Hall–Kier alpha value is -3.19. The Morgan fingerprint density at radius 3 is 2.55 bits per heavy atom. The molecule has 7 heteroatoms. The number of nitrogens with one attached hydrogen (secondary N) is 1. The van der Waals surface area contributed by atoms with Gasteiger partial charge in [-0.25, -0.2) is 0 Å². The molecule has 3 amide bonds. The van der Waals surface area contributed by atoms with Crippen molar-refractivity contribution in [3.8, 4) is 0 Å². The lowest BCUT2D eigenvalue weighted by atomic mass is 10.1. The van der Waals surface area contributed by atoms with Crippen LogP contribution in [-0.4, -0.2) is 42.3 Å². The molecule has 170 valence electrons. The number of carbonyl (C=O) groups excluding carboxylic acids is 3. The first-order valence-electron chi connectivity index (χ1n) is 11.0. The van der Waals surface area contributed by atoms with Crippen LogP contribution in [0.25, 0.3) is 10.8 Å². The summed E-state index contributed by atoms with van der Waals surface area (Å²) in [7, 11) is 1.57. The van der Waals surface area contributed by atoms with Gasteiger partial charge in [0.2, 0.25) is 11.8 Å². The minimum absolute atomic E-state index is 0.0287. The van der Waals surface area contributed by atoms with E-state index in [0.29, 0.717) is 25.1 Å². The fraction of sp³-hybridized carbons (Fsp3) is 0.269. The molecular formula is C26H26BrN3O3. The van der Waals surface area contributed by atoms with Crippen LogP contribution in [0, 0.1) is 0 Å². The number of nitrogens with zero attached hydrogens (tertiary/aromatic N) is 2. The minimum Gasteiger partial charge on any atom is -0.357 e. The van der Waals surface area contributed by atoms with Gasteiger partial charge in [-0.15, -0.1) is 0 Å². The third kappa shape index (κ3) is 4.64. The summed E-state index contributed by atoms with van der Waals surface area (Å²) in [6.07, 6.45) is 0.746. The summed E-state index contributed by atoms with van der Waals surface area (Å²) in [5.74, 6) is -0.359. The largest absolute Gasteiger partial charge is 0.357 e. The number of halogens is 1. The fourth-order valence-corrected chi connectivity index (χ4v) is 4.80. The first kappa shape index (κ1) is 23.0. The van der Waals surface area contributed by atoms with Crippen molar-refractivity contribution in [1.82, 2.24) is 10.2 Å². The number of benzene rings is 3. The highest BCUT2D eigenvalue weighted by Gasteiger charge is 2.30. The van der Waals surface area contributed by atoms with E-state index < -0.39 is 6.04 Å². The second kappa shape index (κ2) is 9.75. The highest BCUT2D eigenvalue weighted by atomic mass is 79.9. The second-order valence-corrected chi connectivity index (χ2v) is 9.10. The summed E-state index contributed by atoms with van der Waals surface area (Å²) in [6.45, 7) is 2.51. The van der Waals surface area contributed by atoms with Gasteiger partial charge in [0.1, 0.15) is 6.04 Å². The molecule has 1 aliphatic heterocycles. The normalized spacial score (nSPS) is 13.3. The van der Waals surface area contributed by atoms with Gasteiger partial charge in [-0.3, -0.25) is 14.4 Å². The van der Waals surface area contributed by atoms with Crippen molar-refractivity contribution in [3.63, 3.8) is 0 Å². The molecular weight excluding hydrogens is 482 g/mol. The molecule has 0 aromatic heterocycles. The first-order chi connectivity index (χ1) is 15.9. The number of hydrogen-bond acceptors (Lipinski definition) is 3. The lowest BCUT2D eigenvalue weighted by Gasteiger charge is -2.29. The number of anilines is 1. The summed E-state index contributed by atoms with van der Waals surface area (Å²) in [4.78, 5) is 41.8. The third-order valence-electron chi connectivity index (χ3n) is 6.08. The highest BCUT2D eigenvalue weighted by Crippen LogP contribution is 2.37. The SMILES string of the molecule is CNC(=O)[C@H](C)N(Cc1cccc(Br)c1)C(=O)CCCN1C(=O)c2cccc3cccc1c23. The van der Waals surface area contributed by atoms with Crippen LogP contribution in [0.15, 0.2) is 65.1 Å². The Morgan fingerprint density at radius 2 is 1.82 bits per heavy atom. The topological polar surface area (TPSA) is 69.7 Å². The number of hydrogen-bond donors (Lipinski definition) is 1. The Morgan fingerprint density at radius 1 is 1.09 bits per heavy atom. The number of rotatable bonds is 8. The average molecular weight is 508 g/mol. The standard InChI is InChI=1S/C26H26BrN3O3/c1-17(25(32)28-2)30(16-18-7-3-10-20(27)15-18)23(31)13-6-14-29-22-12-5-9-19-8-4-11-21(24(19)22)26(29)33/h3-5,7-12,15,17H,6,13-14,16H2,1-2H3,(H,28,32)/t17-/m0/s1. The van der Waals surface area contributed by atoms with E-state index in [9.17, 15) is 14.4 Å². The Kier molecular flexibility index (Phi) is 6.79. The van der Waals surface area contributed by atoms with E-state index in [1.54, 1.807) is 23.8 Å². The molecule has 0 bridgehead atoms. The Labute approximate surface area is 201 Å². The number of likely N-dealkylation sites (N-methyl/N-ethyl adjacent to an activating group) is 1. The van der Waals surface area contributed by atoms with Crippen molar-refractivity contribution >= 4 is 50.1 Å². The molecule has 3 aromatic carbocycles. The van der Waals surface area contributed by atoms with Gasteiger partial charge in [0.25, 0.3) is 5.91 Å². The first-order valence-corrected chi connectivity index (χ1v) is 11.8. The molecule has 0 spiro atoms. The van der Waals surface area contributed by atoms with Gasteiger partial charge in [-0.1, -0.05) is 52.3 Å². The predicted octanol–water partition coefficient (Wildman–Crippen LogP) is 4.51. The maximum atomic E-state index is 13.2.